The summed E-state index contributed by atoms with van der Waals surface area (Å²) >= 11 is 0. The van der Waals surface area contributed by atoms with E-state index in [1.165, 1.54) is 0 Å². The molecule has 5 heteroatoms. The largest absolute Gasteiger partial charge is 0.381 e. The van der Waals surface area contributed by atoms with E-state index < -0.39 is 0 Å². The standard InChI is InChI=1S/C11H20N2O3/c14-11(12-8-10-2-1-5-16-10)13-9-3-6-15-7-4-9/h9-10H,1-8H2,(H2,12,13,14)/t10-/m0/s1. The Morgan fingerprint density at radius 2 is 2.00 bits per heavy atom. The predicted molar refractivity (Wildman–Crippen MR) is 59.3 cm³/mol. The van der Waals surface area contributed by atoms with Crippen molar-refractivity contribution >= 4 is 6.03 Å². The molecule has 2 amide bonds. The van der Waals surface area contributed by atoms with Gasteiger partial charge in [0.25, 0.3) is 0 Å². The van der Waals surface area contributed by atoms with E-state index in [1.54, 1.807) is 0 Å². The van der Waals surface area contributed by atoms with Crippen molar-refractivity contribution in [3.05, 3.63) is 0 Å². The summed E-state index contributed by atoms with van der Waals surface area (Å²) in [6.45, 7) is 2.94. The summed E-state index contributed by atoms with van der Waals surface area (Å²) in [6, 6.07) is 0.181. The van der Waals surface area contributed by atoms with Crippen LogP contribution in [0.15, 0.2) is 0 Å². The van der Waals surface area contributed by atoms with Gasteiger partial charge in [0.2, 0.25) is 0 Å². The van der Waals surface area contributed by atoms with E-state index in [4.69, 9.17) is 9.47 Å². The van der Waals surface area contributed by atoms with Crippen LogP contribution in [-0.2, 0) is 9.47 Å². The third kappa shape index (κ3) is 3.64. The first-order valence-electron chi connectivity index (χ1n) is 6.08. The minimum absolute atomic E-state index is 0.0811. The number of hydrogen-bond donors (Lipinski definition) is 2. The quantitative estimate of drug-likeness (QED) is 0.745. The van der Waals surface area contributed by atoms with Crippen molar-refractivity contribution in [2.75, 3.05) is 26.4 Å². The van der Waals surface area contributed by atoms with E-state index in [9.17, 15) is 4.79 Å². The molecule has 0 spiro atoms. The Morgan fingerprint density at radius 1 is 1.19 bits per heavy atom. The zero-order chi connectivity index (χ0) is 11.2. The van der Waals surface area contributed by atoms with Crippen LogP contribution in [0.4, 0.5) is 4.79 Å². The number of carbonyl (C=O) groups excluding carboxylic acids is 1. The highest BCUT2D eigenvalue weighted by Crippen LogP contribution is 2.10. The average Bonchev–Trinajstić information content (AvgIpc) is 2.81. The SMILES string of the molecule is O=C(NC[C@@H]1CCCO1)NC1CCOCC1. The number of ether oxygens (including phenoxy) is 2. The second kappa shape index (κ2) is 6.06. The topological polar surface area (TPSA) is 59.6 Å². The lowest BCUT2D eigenvalue weighted by Gasteiger charge is -2.23. The van der Waals surface area contributed by atoms with Gasteiger partial charge >= 0.3 is 6.03 Å². The number of nitrogens with one attached hydrogen (secondary N) is 2. The fourth-order valence-electron chi connectivity index (χ4n) is 2.09. The molecule has 0 radical (unpaired) electrons. The Kier molecular flexibility index (Phi) is 4.42. The number of urea groups is 1. The van der Waals surface area contributed by atoms with Gasteiger partial charge in [-0.2, -0.15) is 0 Å². The minimum atomic E-state index is -0.0811. The Hall–Kier alpha value is -0.810. The molecular weight excluding hydrogens is 208 g/mol. The van der Waals surface area contributed by atoms with Crippen LogP contribution >= 0.6 is 0 Å². The lowest BCUT2D eigenvalue weighted by atomic mass is 10.1. The molecule has 1 atom stereocenters. The lowest BCUT2D eigenvalue weighted by molar-refractivity contribution is 0.0794. The van der Waals surface area contributed by atoms with Gasteiger partial charge in [0.1, 0.15) is 0 Å². The molecule has 2 saturated heterocycles. The van der Waals surface area contributed by atoms with Gasteiger partial charge in [-0.1, -0.05) is 0 Å². The van der Waals surface area contributed by atoms with E-state index in [2.05, 4.69) is 10.6 Å². The second-order valence-corrected chi connectivity index (χ2v) is 4.38. The highest BCUT2D eigenvalue weighted by Gasteiger charge is 2.18. The second-order valence-electron chi connectivity index (χ2n) is 4.38. The molecule has 16 heavy (non-hydrogen) atoms. The monoisotopic (exact) mass is 228 g/mol. The third-order valence-corrected chi connectivity index (χ3v) is 3.07. The molecule has 2 heterocycles. The molecule has 0 unspecified atom stereocenters. The number of carbonyl (C=O) groups is 1. The van der Waals surface area contributed by atoms with Crippen molar-refractivity contribution in [2.45, 2.75) is 37.8 Å². The Labute approximate surface area is 95.9 Å². The fraction of sp³-hybridized carbons (Fsp3) is 0.909. The molecular formula is C11H20N2O3. The van der Waals surface area contributed by atoms with Crippen molar-refractivity contribution in [1.82, 2.24) is 10.6 Å². The highest BCUT2D eigenvalue weighted by molar-refractivity contribution is 5.74. The van der Waals surface area contributed by atoms with Crippen LogP contribution in [0.25, 0.3) is 0 Å². The minimum Gasteiger partial charge on any atom is -0.381 e. The summed E-state index contributed by atoms with van der Waals surface area (Å²) in [7, 11) is 0. The van der Waals surface area contributed by atoms with E-state index in [-0.39, 0.29) is 18.2 Å². The lowest BCUT2D eigenvalue weighted by Crippen LogP contribution is -2.46. The zero-order valence-electron chi connectivity index (χ0n) is 9.54. The van der Waals surface area contributed by atoms with Crippen LogP contribution in [0.1, 0.15) is 25.7 Å². The maximum atomic E-state index is 11.5. The summed E-state index contributed by atoms with van der Waals surface area (Å²) in [6.07, 6.45) is 4.19. The molecule has 2 fully saturated rings. The summed E-state index contributed by atoms with van der Waals surface area (Å²) < 4.78 is 10.7. The van der Waals surface area contributed by atoms with Gasteiger partial charge in [-0.15, -0.1) is 0 Å². The first-order valence-corrected chi connectivity index (χ1v) is 6.08. The molecule has 0 saturated carbocycles. The summed E-state index contributed by atoms with van der Waals surface area (Å²) in [5.41, 5.74) is 0. The maximum absolute atomic E-state index is 11.5. The van der Waals surface area contributed by atoms with E-state index in [0.29, 0.717) is 6.54 Å². The molecule has 0 aromatic rings. The van der Waals surface area contributed by atoms with Crippen LogP contribution in [0.3, 0.4) is 0 Å². The molecule has 92 valence electrons. The molecule has 0 aromatic carbocycles. The van der Waals surface area contributed by atoms with Crippen molar-refractivity contribution in [3.8, 4) is 0 Å². The van der Waals surface area contributed by atoms with Crippen molar-refractivity contribution in [2.24, 2.45) is 0 Å². The van der Waals surface area contributed by atoms with Gasteiger partial charge in [0, 0.05) is 32.4 Å². The van der Waals surface area contributed by atoms with Gasteiger partial charge in [0.15, 0.2) is 0 Å². The van der Waals surface area contributed by atoms with Crippen molar-refractivity contribution < 1.29 is 14.3 Å². The van der Waals surface area contributed by atoms with Crippen LogP contribution < -0.4 is 10.6 Å². The molecule has 2 aliphatic rings. The molecule has 0 aliphatic carbocycles. The molecule has 2 rings (SSSR count). The van der Waals surface area contributed by atoms with E-state index in [1.807, 2.05) is 0 Å². The Morgan fingerprint density at radius 3 is 2.69 bits per heavy atom. The zero-order valence-corrected chi connectivity index (χ0v) is 9.54. The van der Waals surface area contributed by atoms with Gasteiger partial charge < -0.3 is 20.1 Å². The summed E-state index contributed by atoms with van der Waals surface area (Å²) in [5.74, 6) is 0. The summed E-state index contributed by atoms with van der Waals surface area (Å²) in [5, 5.41) is 5.81. The first-order chi connectivity index (χ1) is 7.84. The third-order valence-electron chi connectivity index (χ3n) is 3.07. The van der Waals surface area contributed by atoms with Crippen molar-refractivity contribution in [1.29, 1.82) is 0 Å². The van der Waals surface area contributed by atoms with E-state index >= 15 is 0 Å². The normalized spacial score (nSPS) is 26.6. The summed E-state index contributed by atoms with van der Waals surface area (Å²) in [4.78, 5) is 11.5. The van der Waals surface area contributed by atoms with Gasteiger partial charge in [0.05, 0.1) is 6.10 Å². The number of hydrogen-bond acceptors (Lipinski definition) is 3. The molecule has 2 aliphatic heterocycles. The van der Waals surface area contributed by atoms with Crippen molar-refractivity contribution in [3.63, 3.8) is 0 Å². The maximum Gasteiger partial charge on any atom is 0.315 e. The Bertz CT molecular complexity index is 223. The van der Waals surface area contributed by atoms with Gasteiger partial charge in [-0.05, 0) is 25.7 Å². The van der Waals surface area contributed by atoms with Crippen LogP contribution in [0, 0.1) is 0 Å². The Balaban J connectivity index is 1.59. The number of rotatable bonds is 3. The van der Waals surface area contributed by atoms with E-state index in [0.717, 1.165) is 45.5 Å². The first kappa shape index (κ1) is 11.7. The van der Waals surface area contributed by atoms with Crippen LogP contribution in [0.5, 0.6) is 0 Å². The predicted octanol–water partition coefficient (Wildman–Crippen LogP) is 0.644. The molecule has 0 aromatic heterocycles. The van der Waals surface area contributed by atoms with Gasteiger partial charge in [-0.25, -0.2) is 4.79 Å². The molecule has 2 N–H and O–H groups in total. The molecule has 0 bridgehead atoms. The number of amides is 2. The fourth-order valence-corrected chi connectivity index (χ4v) is 2.09. The average molecular weight is 228 g/mol. The highest BCUT2D eigenvalue weighted by atomic mass is 16.5. The van der Waals surface area contributed by atoms with Crippen LogP contribution in [-0.4, -0.2) is 44.5 Å². The van der Waals surface area contributed by atoms with Crippen LogP contribution in [0.2, 0.25) is 0 Å². The molecule has 5 nitrogen and oxygen atoms in total. The smallest absolute Gasteiger partial charge is 0.315 e. The van der Waals surface area contributed by atoms with Gasteiger partial charge in [-0.3, -0.25) is 0 Å².